The second-order valence-corrected chi connectivity index (χ2v) is 10.8. The molecule has 2 aliphatic heterocycles. The number of amides is 1. The summed E-state index contributed by atoms with van der Waals surface area (Å²) < 4.78 is 0. The van der Waals surface area contributed by atoms with Crippen LogP contribution in [0.2, 0.25) is 0 Å². The van der Waals surface area contributed by atoms with Gasteiger partial charge in [-0.3, -0.25) is 9.79 Å². The molecular formula is C28H50ClN3OS. The number of amidine groups is 1. The number of aliphatic imine (C=N–C) groups is 1. The number of carbonyl (C=O) groups excluding carboxylic acids is 1. The zero-order chi connectivity index (χ0) is 23.7. The minimum Gasteiger partial charge on any atom is -0.328 e. The molecule has 4 nitrogen and oxygen atoms in total. The molecule has 34 heavy (non-hydrogen) atoms. The third-order valence-corrected chi connectivity index (χ3v) is 7.85. The number of halogens is 1. The molecule has 0 spiro atoms. The van der Waals surface area contributed by atoms with E-state index < -0.39 is 0 Å². The van der Waals surface area contributed by atoms with Crippen molar-refractivity contribution in [3.8, 4) is 0 Å². The number of unbranched alkanes of at least 4 members (excludes halogenated alkanes) is 9. The van der Waals surface area contributed by atoms with E-state index >= 15 is 0 Å². The molecule has 0 aromatic heterocycles. The summed E-state index contributed by atoms with van der Waals surface area (Å²) in [6.07, 6.45) is 24.5. The molecule has 0 aromatic carbocycles. The lowest BCUT2D eigenvalue weighted by Crippen LogP contribution is -2.29. The molecule has 2 aliphatic rings. The molecule has 1 unspecified atom stereocenters. The summed E-state index contributed by atoms with van der Waals surface area (Å²) in [4.78, 5) is 20.4. The van der Waals surface area contributed by atoms with E-state index in [-0.39, 0.29) is 18.3 Å². The highest BCUT2D eigenvalue weighted by molar-refractivity contribution is 8.18. The average molecular weight is 512 g/mol. The second-order valence-electron chi connectivity index (χ2n) is 9.83. The number of hydrogen-bond acceptors (Lipinski definition) is 4. The van der Waals surface area contributed by atoms with E-state index in [1.807, 2.05) is 6.20 Å². The van der Waals surface area contributed by atoms with Gasteiger partial charge in [0.05, 0.1) is 4.91 Å². The fourth-order valence-electron chi connectivity index (χ4n) is 4.67. The van der Waals surface area contributed by atoms with E-state index in [1.54, 1.807) is 11.8 Å². The maximum atomic E-state index is 12.7. The number of thioether (sulfide) groups is 1. The van der Waals surface area contributed by atoms with Crippen LogP contribution in [0.15, 0.2) is 27.9 Å². The lowest BCUT2D eigenvalue weighted by atomic mass is 9.96. The third kappa shape index (κ3) is 11.7. The van der Waals surface area contributed by atoms with E-state index in [0.29, 0.717) is 0 Å². The first-order valence-corrected chi connectivity index (χ1v) is 14.7. The molecule has 0 aromatic rings. The van der Waals surface area contributed by atoms with Crippen LogP contribution in [-0.2, 0) is 4.79 Å². The van der Waals surface area contributed by atoms with Crippen molar-refractivity contribution in [2.24, 2.45) is 10.9 Å². The Morgan fingerprint density at radius 3 is 2.41 bits per heavy atom. The van der Waals surface area contributed by atoms with Crippen LogP contribution in [0.1, 0.15) is 124 Å². The van der Waals surface area contributed by atoms with Crippen LogP contribution in [0, 0.1) is 5.92 Å². The van der Waals surface area contributed by atoms with Gasteiger partial charge in [0.2, 0.25) is 0 Å². The molecule has 0 radical (unpaired) electrons. The van der Waals surface area contributed by atoms with Gasteiger partial charge in [0.25, 0.3) is 5.91 Å². The average Bonchev–Trinajstić information content (AvgIpc) is 3.19. The predicted molar refractivity (Wildman–Crippen MR) is 153 cm³/mol. The fourth-order valence-corrected chi connectivity index (χ4v) is 5.80. The van der Waals surface area contributed by atoms with Gasteiger partial charge in [-0.1, -0.05) is 104 Å². The Bertz CT molecular complexity index is 662. The molecule has 0 saturated carbocycles. The molecule has 2 rings (SSSR count). The van der Waals surface area contributed by atoms with Gasteiger partial charge in [0.15, 0.2) is 5.17 Å². The summed E-state index contributed by atoms with van der Waals surface area (Å²) in [6, 6.07) is 0. The molecule has 6 heteroatoms. The number of carbonyl (C=O) groups is 1. The summed E-state index contributed by atoms with van der Waals surface area (Å²) in [7, 11) is 0. The van der Waals surface area contributed by atoms with Crippen LogP contribution in [-0.4, -0.2) is 29.1 Å². The summed E-state index contributed by atoms with van der Waals surface area (Å²) in [5.74, 6) is 0.911. The number of rotatable bonds is 18. The van der Waals surface area contributed by atoms with E-state index in [0.717, 1.165) is 60.5 Å². The van der Waals surface area contributed by atoms with Crippen LogP contribution in [0.3, 0.4) is 0 Å². The molecular weight excluding hydrogens is 462 g/mol. The summed E-state index contributed by atoms with van der Waals surface area (Å²) in [5, 5.41) is 4.01. The van der Waals surface area contributed by atoms with Crippen LogP contribution in [0.4, 0.5) is 0 Å². The van der Waals surface area contributed by atoms with Crippen LogP contribution >= 0.6 is 24.2 Å². The lowest BCUT2D eigenvalue weighted by Gasteiger charge is -2.25. The first kappa shape index (κ1) is 31.1. The molecule has 0 fully saturated rings. The van der Waals surface area contributed by atoms with Crippen molar-refractivity contribution in [2.75, 3.05) is 13.1 Å². The van der Waals surface area contributed by atoms with E-state index in [9.17, 15) is 4.79 Å². The minimum absolute atomic E-state index is 0. The van der Waals surface area contributed by atoms with Crippen LogP contribution < -0.4 is 5.32 Å². The number of nitrogens with one attached hydrogen (secondary N) is 1. The quantitative estimate of drug-likeness (QED) is 0.187. The highest BCUT2D eigenvalue weighted by atomic mass is 35.5. The van der Waals surface area contributed by atoms with Crippen molar-refractivity contribution in [1.82, 2.24) is 10.2 Å². The zero-order valence-electron chi connectivity index (χ0n) is 22.1. The summed E-state index contributed by atoms with van der Waals surface area (Å²) in [6.45, 7) is 8.76. The fraction of sp³-hybridized carbons (Fsp3) is 0.786. The third-order valence-electron chi connectivity index (χ3n) is 6.69. The maximum absolute atomic E-state index is 12.7. The number of fused-ring (bicyclic) bond motifs is 1. The predicted octanol–water partition coefficient (Wildman–Crippen LogP) is 8.59. The second kappa shape index (κ2) is 19.3. The highest BCUT2D eigenvalue weighted by Crippen LogP contribution is 2.38. The molecule has 0 saturated heterocycles. The van der Waals surface area contributed by atoms with E-state index in [4.69, 9.17) is 0 Å². The van der Waals surface area contributed by atoms with Crippen molar-refractivity contribution in [3.05, 3.63) is 22.9 Å². The Morgan fingerprint density at radius 1 is 1.03 bits per heavy atom. The zero-order valence-corrected chi connectivity index (χ0v) is 23.7. The lowest BCUT2D eigenvalue weighted by molar-refractivity contribution is -0.116. The van der Waals surface area contributed by atoms with Gasteiger partial charge in [-0.25, -0.2) is 0 Å². The van der Waals surface area contributed by atoms with Gasteiger partial charge in [0, 0.05) is 25.0 Å². The Balaban J connectivity index is 0.00000578. The van der Waals surface area contributed by atoms with Crippen molar-refractivity contribution >= 4 is 35.2 Å². The SMILES string of the molecule is CCCCCCCCC(C)CCCCCC/C=C\NC(=O)C1=C(CCC)N2CCCN=C2S1.Cl. The Hall–Kier alpha value is -0.940. The van der Waals surface area contributed by atoms with Gasteiger partial charge in [0.1, 0.15) is 0 Å². The Morgan fingerprint density at radius 2 is 1.71 bits per heavy atom. The van der Waals surface area contributed by atoms with Gasteiger partial charge < -0.3 is 10.2 Å². The smallest absolute Gasteiger partial charge is 0.263 e. The van der Waals surface area contributed by atoms with E-state index in [2.05, 4.69) is 42.1 Å². The van der Waals surface area contributed by atoms with Crippen molar-refractivity contribution in [3.63, 3.8) is 0 Å². The topological polar surface area (TPSA) is 44.7 Å². The standard InChI is InChI=1S/C28H49N3OS.ClH/c1-4-6-7-8-11-14-19-24(3)20-15-12-9-10-13-16-21-29-27(32)26-25(18-5-2)31-23-17-22-30-28(31)33-26;/h16,21,24H,4-15,17-20,22-23H2,1-3H3,(H,29,32);1H/b21-16-;. The number of hydrogen-bond donors (Lipinski definition) is 1. The van der Waals surface area contributed by atoms with Crippen molar-refractivity contribution < 1.29 is 4.79 Å². The number of allylic oxidation sites excluding steroid dienone is 2. The normalized spacial score (nSPS) is 16.4. The Labute approximate surface area is 220 Å². The molecule has 0 aliphatic carbocycles. The molecule has 1 amide bonds. The van der Waals surface area contributed by atoms with Gasteiger partial charge >= 0.3 is 0 Å². The Kier molecular flexibility index (Phi) is 17.6. The highest BCUT2D eigenvalue weighted by Gasteiger charge is 2.33. The van der Waals surface area contributed by atoms with Crippen LogP contribution in [0.5, 0.6) is 0 Å². The van der Waals surface area contributed by atoms with E-state index in [1.165, 1.54) is 77.0 Å². The van der Waals surface area contributed by atoms with Crippen molar-refractivity contribution in [2.45, 2.75) is 124 Å². The minimum atomic E-state index is 0. The monoisotopic (exact) mass is 511 g/mol. The largest absolute Gasteiger partial charge is 0.328 e. The van der Waals surface area contributed by atoms with Crippen molar-refractivity contribution in [1.29, 1.82) is 0 Å². The first-order valence-electron chi connectivity index (χ1n) is 13.9. The first-order chi connectivity index (χ1) is 16.2. The number of nitrogens with zero attached hydrogens (tertiary/aromatic N) is 2. The maximum Gasteiger partial charge on any atom is 0.263 e. The summed E-state index contributed by atoms with van der Waals surface area (Å²) >= 11 is 1.55. The van der Waals surface area contributed by atoms with Crippen LogP contribution in [0.25, 0.3) is 0 Å². The molecule has 1 atom stereocenters. The van der Waals surface area contributed by atoms with Gasteiger partial charge in [-0.05, 0) is 43.4 Å². The molecule has 2 heterocycles. The molecule has 1 N–H and O–H groups in total. The summed E-state index contributed by atoms with van der Waals surface area (Å²) in [5.41, 5.74) is 1.16. The molecule has 196 valence electrons. The van der Waals surface area contributed by atoms with Gasteiger partial charge in [-0.15, -0.1) is 12.4 Å². The molecule has 0 bridgehead atoms. The van der Waals surface area contributed by atoms with Gasteiger partial charge in [-0.2, -0.15) is 0 Å².